The number of carbonyl (C=O) groups is 2. The molecule has 1 aliphatic rings. The Labute approximate surface area is 163 Å². The number of thiophene rings is 1. The molecule has 2 amide bonds. The number of thioether (sulfide) groups is 1. The lowest BCUT2D eigenvalue weighted by molar-refractivity contribution is -0.123. The second kappa shape index (κ2) is 7.17. The Hall–Kier alpha value is -2.64. The standard InChI is InChI=1S/C20H15NO4S2/c1-2-12-5-6-15-13(9-18(22)25-16(15)8-12)11-21-19(23)17(27-20(21)24)10-14-4-3-7-26-14/h3-10H,2,11H2,1H3/b17-10-. The molecule has 0 unspecified atom stereocenters. The van der Waals surface area contributed by atoms with Crippen LogP contribution in [0, 0.1) is 0 Å². The molecule has 0 radical (unpaired) electrons. The number of nitrogens with zero attached hydrogens (tertiary/aromatic N) is 1. The maximum Gasteiger partial charge on any atom is 0.336 e. The Morgan fingerprint density at radius 2 is 2.00 bits per heavy atom. The molecule has 3 heterocycles. The van der Waals surface area contributed by atoms with Gasteiger partial charge in [-0.3, -0.25) is 14.5 Å². The molecule has 0 aliphatic carbocycles. The first-order valence-corrected chi connectivity index (χ1v) is 10.1. The molecule has 2 aromatic heterocycles. The van der Waals surface area contributed by atoms with Crippen LogP contribution in [0.5, 0.6) is 0 Å². The van der Waals surface area contributed by atoms with Gasteiger partial charge in [0, 0.05) is 16.3 Å². The fraction of sp³-hybridized carbons (Fsp3) is 0.150. The van der Waals surface area contributed by atoms with Gasteiger partial charge in [-0.1, -0.05) is 25.1 Å². The number of carbonyl (C=O) groups excluding carboxylic acids is 2. The third kappa shape index (κ3) is 3.48. The van der Waals surface area contributed by atoms with Gasteiger partial charge < -0.3 is 4.42 Å². The molecule has 1 aromatic carbocycles. The predicted octanol–water partition coefficient (Wildman–Crippen LogP) is 4.65. The van der Waals surface area contributed by atoms with Gasteiger partial charge in [0.1, 0.15) is 5.58 Å². The second-order valence-corrected chi connectivity index (χ2v) is 8.03. The first kappa shape index (κ1) is 17.8. The molecule has 0 saturated carbocycles. The SMILES string of the molecule is CCc1ccc2c(CN3C(=O)S/C(=C\c4cccs4)C3=O)cc(=O)oc2c1. The van der Waals surface area contributed by atoms with Crippen molar-refractivity contribution < 1.29 is 14.0 Å². The van der Waals surface area contributed by atoms with Crippen molar-refractivity contribution in [2.75, 3.05) is 0 Å². The van der Waals surface area contributed by atoms with Crippen molar-refractivity contribution in [3.05, 3.63) is 73.1 Å². The summed E-state index contributed by atoms with van der Waals surface area (Å²) in [6.45, 7) is 2.06. The van der Waals surface area contributed by atoms with Gasteiger partial charge in [-0.25, -0.2) is 4.79 Å². The second-order valence-electron chi connectivity index (χ2n) is 6.06. The average Bonchev–Trinajstić information content (AvgIpc) is 3.25. The fourth-order valence-corrected chi connectivity index (χ4v) is 4.50. The molecule has 1 aliphatic heterocycles. The summed E-state index contributed by atoms with van der Waals surface area (Å²) in [6, 6.07) is 10.8. The summed E-state index contributed by atoms with van der Waals surface area (Å²) in [7, 11) is 0. The van der Waals surface area contributed by atoms with Gasteiger partial charge in [0.15, 0.2) is 0 Å². The number of fused-ring (bicyclic) bond motifs is 1. The Balaban J connectivity index is 1.69. The smallest absolute Gasteiger partial charge is 0.336 e. The largest absolute Gasteiger partial charge is 0.423 e. The van der Waals surface area contributed by atoms with E-state index in [2.05, 4.69) is 0 Å². The van der Waals surface area contributed by atoms with E-state index in [1.54, 1.807) is 6.08 Å². The van der Waals surface area contributed by atoms with Crippen molar-refractivity contribution >= 4 is 51.3 Å². The highest BCUT2D eigenvalue weighted by Crippen LogP contribution is 2.34. The Morgan fingerprint density at radius 1 is 1.15 bits per heavy atom. The lowest BCUT2D eigenvalue weighted by Gasteiger charge is -2.14. The first-order chi connectivity index (χ1) is 13.0. The van der Waals surface area contributed by atoms with E-state index < -0.39 is 5.63 Å². The van der Waals surface area contributed by atoms with Crippen LogP contribution >= 0.6 is 23.1 Å². The quantitative estimate of drug-likeness (QED) is 0.473. The zero-order valence-corrected chi connectivity index (χ0v) is 16.1. The predicted molar refractivity (Wildman–Crippen MR) is 108 cm³/mol. The summed E-state index contributed by atoms with van der Waals surface area (Å²) in [5, 5.41) is 2.30. The van der Waals surface area contributed by atoms with E-state index in [0.29, 0.717) is 16.1 Å². The van der Waals surface area contributed by atoms with Crippen LogP contribution in [-0.2, 0) is 17.8 Å². The molecule has 3 aromatic rings. The topological polar surface area (TPSA) is 67.6 Å². The van der Waals surface area contributed by atoms with Gasteiger partial charge in [0.05, 0.1) is 11.4 Å². The van der Waals surface area contributed by atoms with Crippen LogP contribution < -0.4 is 5.63 Å². The lowest BCUT2D eigenvalue weighted by Crippen LogP contribution is -2.28. The van der Waals surface area contributed by atoms with E-state index in [0.717, 1.165) is 34.0 Å². The van der Waals surface area contributed by atoms with Crippen molar-refractivity contribution in [3.63, 3.8) is 0 Å². The highest BCUT2D eigenvalue weighted by molar-refractivity contribution is 8.18. The molecule has 136 valence electrons. The average molecular weight is 397 g/mol. The van der Waals surface area contributed by atoms with Crippen LogP contribution in [0.3, 0.4) is 0 Å². The molecule has 0 N–H and O–H groups in total. The van der Waals surface area contributed by atoms with E-state index in [1.165, 1.54) is 22.3 Å². The van der Waals surface area contributed by atoms with E-state index in [1.807, 2.05) is 42.6 Å². The molecular formula is C20H15NO4S2. The molecule has 1 saturated heterocycles. The van der Waals surface area contributed by atoms with Crippen LogP contribution in [0.1, 0.15) is 22.9 Å². The fourth-order valence-electron chi connectivity index (χ4n) is 2.93. The number of rotatable bonds is 4. The number of hydrogen-bond acceptors (Lipinski definition) is 6. The summed E-state index contributed by atoms with van der Waals surface area (Å²) < 4.78 is 5.30. The van der Waals surface area contributed by atoms with Crippen molar-refractivity contribution in [2.24, 2.45) is 0 Å². The number of hydrogen-bond donors (Lipinski definition) is 0. The van der Waals surface area contributed by atoms with E-state index in [-0.39, 0.29) is 17.7 Å². The third-order valence-electron chi connectivity index (χ3n) is 4.32. The highest BCUT2D eigenvalue weighted by atomic mass is 32.2. The van der Waals surface area contributed by atoms with Crippen LogP contribution in [0.15, 0.2) is 55.9 Å². The van der Waals surface area contributed by atoms with Gasteiger partial charge in [-0.15, -0.1) is 11.3 Å². The van der Waals surface area contributed by atoms with E-state index >= 15 is 0 Å². The normalized spacial score (nSPS) is 16.0. The van der Waals surface area contributed by atoms with E-state index in [4.69, 9.17) is 4.42 Å². The maximum absolute atomic E-state index is 12.7. The number of benzene rings is 1. The van der Waals surface area contributed by atoms with Gasteiger partial charge >= 0.3 is 5.63 Å². The summed E-state index contributed by atoms with van der Waals surface area (Å²) in [6.07, 6.45) is 2.54. The van der Waals surface area contributed by atoms with Crippen LogP contribution in [0.2, 0.25) is 0 Å². The minimum Gasteiger partial charge on any atom is -0.423 e. The molecule has 4 rings (SSSR count). The van der Waals surface area contributed by atoms with Crippen LogP contribution in [-0.4, -0.2) is 16.0 Å². The Morgan fingerprint density at radius 3 is 2.74 bits per heavy atom. The first-order valence-electron chi connectivity index (χ1n) is 8.39. The van der Waals surface area contributed by atoms with Crippen molar-refractivity contribution in [1.82, 2.24) is 4.90 Å². The van der Waals surface area contributed by atoms with Gasteiger partial charge in [0.25, 0.3) is 11.1 Å². The molecule has 0 spiro atoms. The molecule has 1 fully saturated rings. The van der Waals surface area contributed by atoms with Gasteiger partial charge in [0.2, 0.25) is 0 Å². The lowest BCUT2D eigenvalue weighted by atomic mass is 10.1. The van der Waals surface area contributed by atoms with Gasteiger partial charge in [-0.2, -0.15) is 0 Å². The zero-order chi connectivity index (χ0) is 19.0. The number of imide groups is 1. The molecule has 0 atom stereocenters. The highest BCUT2D eigenvalue weighted by Gasteiger charge is 2.35. The third-order valence-corrected chi connectivity index (χ3v) is 6.05. The van der Waals surface area contributed by atoms with Crippen molar-refractivity contribution in [3.8, 4) is 0 Å². The number of aryl methyl sites for hydroxylation is 1. The minimum atomic E-state index is -0.494. The summed E-state index contributed by atoms with van der Waals surface area (Å²) in [4.78, 5) is 39.5. The molecule has 27 heavy (non-hydrogen) atoms. The van der Waals surface area contributed by atoms with E-state index in [9.17, 15) is 14.4 Å². The molecule has 7 heteroatoms. The molecule has 5 nitrogen and oxygen atoms in total. The maximum atomic E-state index is 12.7. The zero-order valence-electron chi connectivity index (χ0n) is 14.4. The summed E-state index contributed by atoms with van der Waals surface area (Å²) in [5.74, 6) is -0.343. The Kier molecular flexibility index (Phi) is 4.72. The van der Waals surface area contributed by atoms with Gasteiger partial charge in [-0.05, 0) is 52.9 Å². The molecule has 0 bridgehead atoms. The molecular weight excluding hydrogens is 382 g/mol. The number of amides is 2. The Bertz CT molecular complexity index is 1130. The summed E-state index contributed by atoms with van der Waals surface area (Å²) in [5.41, 5.74) is 1.63. The van der Waals surface area contributed by atoms with Crippen molar-refractivity contribution in [2.45, 2.75) is 19.9 Å². The monoisotopic (exact) mass is 397 g/mol. The summed E-state index contributed by atoms with van der Waals surface area (Å²) >= 11 is 2.42. The van der Waals surface area contributed by atoms with Crippen LogP contribution in [0.4, 0.5) is 4.79 Å². The van der Waals surface area contributed by atoms with Crippen LogP contribution in [0.25, 0.3) is 17.0 Å². The van der Waals surface area contributed by atoms with Crippen molar-refractivity contribution in [1.29, 1.82) is 0 Å². The minimum absolute atomic E-state index is 0.0417.